The van der Waals surface area contributed by atoms with Gasteiger partial charge in [0.05, 0.1) is 22.3 Å². The summed E-state index contributed by atoms with van der Waals surface area (Å²) in [5.41, 5.74) is 5.50. The molecule has 0 saturated heterocycles. The van der Waals surface area contributed by atoms with Gasteiger partial charge in [-0.3, -0.25) is 0 Å². The molecule has 0 radical (unpaired) electrons. The van der Waals surface area contributed by atoms with E-state index in [4.69, 9.17) is 0 Å². The molecule has 2 nitrogen and oxygen atoms in total. The summed E-state index contributed by atoms with van der Waals surface area (Å²) in [4.78, 5) is 0. The van der Waals surface area contributed by atoms with Gasteiger partial charge in [-0.05, 0) is 55.3 Å². The zero-order chi connectivity index (χ0) is 20.9. The van der Waals surface area contributed by atoms with Gasteiger partial charge in [-0.2, -0.15) is 0 Å². The van der Waals surface area contributed by atoms with Gasteiger partial charge in [0.15, 0.2) is 0 Å². The number of aliphatic hydroxyl groups is 1. The van der Waals surface area contributed by atoms with Crippen LogP contribution < -0.4 is 0 Å². The number of para-hydroxylation sites is 3. The minimum atomic E-state index is -0.965. The van der Waals surface area contributed by atoms with Crippen LogP contribution in [0.4, 0.5) is 0 Å². The van der Waals surface area contributed by atoms with Crippen LogP contribution in [0.2, 0.25) is 0 Å². The molecule has 1 aromatic heterocycles. The molecule has 4 aromatic carbocycles. The van der Waals surface area contributed by atoms with Crippen LogP contribution in [0, 0.1) is 0 Å². The minimum absolute atomic E-state index is 0.894. The lowest BCUT2D eigenvalue weighted by atomic mass is 9.89. The lowest BCUT2D eigenvalue weighted by molar-refractivity contribution is 0.0791. The molecule has 0 aliphatic carbocycles. The van der Waals surface area contributed by atoms with E-state index in [1.807, 2.05) is 26.0 Å². The molecule has 0 aliphatic rings. The Morgan fingerprint density at radius 3 is 1.90 bits per heavy atom. The third-order valence-electron chi connectivity index (χ3n) is 5.66. The molecule has 5 aromatic rings. The number of rotatable bonds is 3. The van der Waals surface area contributed by atoms with E-state index in [9.17, 15) is 5.11 Å². The second-order valence-electron chi connectivity index (χ2n) is 8.14. The quantitative estimate of drug-likeness (QED) is 0.300. The van der Waals surface area contributed by atoms with Gasteiger partial charge in [0.1, 0.15) is 0 Å². The number of aromatic nitrogens is 1. The van der Waals surface area contributed by atoms with Crippen molar-refractivity contribution in [2.45, 2.75) is 19.4 Å². The summed E-state index contributed by atoms with van der Waals surface area (Å²) in [6.45, 7) is 3.67. The average Bonchev–Trinajstić information content (AvgIpc) is 3.08. The molecular formula is C27H22BrNO. The molecule has 3 heteroatoms. The van der Waals surface area contributed by atoms with Crippen molar-refractivity contribution in [3.63, 3.8) is 0 Å². The number of fused-ring (bicyclic) bond motifs is 3. The topological polar surface area (TPSA) is 25.2 Å². The maximum Gasteiger partial charge on any atom is 0.0846 e. The molecule has 0 amide bonds. The summed E-state index contributed by atoms with van der Waals surface area (Å²) in [5, 5.41) is 13.4. The molecule has 0 spiro atoms. The van der Waals surface area contributed by atoms with Crippen LogP contribution in [0.1, 0.15) is 19.4 Å². The Morgan fingerprint density at radius 2 is 1.27 bits per heavy atom. The third kappa shape index (κ3) is 3.06. The van der Waals surface area contributed by atoms with E-state index < -0.39 is 5.60 Å². The molecule has 0 aliphatic heterocycles. The zero-order valence-electron chi connectivity index (χ0n) is 16.9. The van der Waals surface area contributed by atoms with E-state index in [0.29, 0.717) is 0 Å². The van der Waals surface area contributed by atoms with Crippen molar-refractivity contribution in [1.29, 1.82) is 0 Å². The van der Waals surface area contributed by atoms with E-state index in [-0.39, 0.29) is 0 Å². The van der Waals surface area contributed by atoms with Crippen LogP contribution in [-0.4, -0.2) is 9.67 Å². The Labute approximate surface area is 184 Å². The molecule has 0 saturated carbocycles. The van der Waals surface area contributed by atoms with Crippen LogP contribution in [0.5, 0.6) is 0 Å². The first-order valence-corrected chi connectivity index (χ1v) is 10.8. The molecule has 1 heterocycles. The van der Waals surface area contributed by atoms with Gasteiger partial charge in [-0.25, -0.2) is 0 Å². The maximum atomic E-state index is 10.9. The van der Waals surface area contributed by atoms with Gasteiger partial charge >= 0.3 is 0 Å². The average molecular weight is 456 g/mol. The van der Waals surface area contributed by atoms with Crippen molar-refractivity contribution >= 4 is 37.7 Å². The number of halogens is 1. The van der Waals surface area contributed by atoms with E-state index in [1.54, 1.807) is 0 Å². The Hall–Kier alpha value is -2.88. The Balaban J connectivity index is 1.88. The largest absolute Gasteiger partial charge is 0.386 e. The second-order valence-corrected chi connectivity index (χ2v) is 9.05. The fourth-order valence-electron chi connectivity index (χ4n) is 4.34. The second kappa shape index (κ2) is 7.12. The normalized spacial score (nSPS) is 12.0. The third-order valence-corrected chi connectivity index (χ3v) is 6.15. The molecule has 0 atom stereocenters. The van der Waals surface area contributed by atoms with Crippen molar-refractivity contribution in [2.24, 2.45) is 0 Å². The van der Waals surface area contributed by atoms with Crippen LogP contribution in [-0.2, 0) is 5.60 Å². The van der Waals surface area contributed by atoms with E-state index in [0.717, 1.165) is 26.9 Å². The highest BCUT2D eigenvalue weighted by atomic mass is 79.9. The summed E-state index contributed by atoms with van der Waals surface area (Å²) >= 11 is 3.57. The summed E-state index contributed by atoms with van der Waals surface area (Å²) in [6.07, 6.45) is 0. The van der Waals surface area contributed by atoms with E-state index in [2.05, 4.69) is 99.4 Å². The van der Waals surface area contributed by atoms with Crippen molar-refractivity contribution in [1.82, 2.24) is 4.57 Å². The molecule has 0 unspecified atom stereocenters. The Morgan fingerprint density at radius 1 is 0.700 bits per heavy atom. The van der Waals surface area contributed by atoms with Gasteiger partial charge in [0.25, 0.3) is 0 Å². The standard InChI is InChI=1S/C27H22BrNO/c1-27(2,30)23-17-18(28)15-16-19(23)20-9-3-6-12-24(20)29-25-13-7-4-10-21(25)22-11-5-8-14-26(22)29/h3-17,30H,1-2H3. The Bertz CT molecular complexity index is 1340. The molecule has 5 rings (SSSR count). The number of benzene rings is 4. The maximum absolute atomic E-state index is 10.9. The summed E-state index contributed by atoms with van der Waals surface area (Å²) in [6, 6.07) is 31.6. The van der Waals surface area contributed by atoms with E-state index >= 15 is 0 Å². The number of nitrogens with zero attached hydrogens (tertiary/aromatic N) is 1. The highest BCUT2D eigenvalue weighted by Gasteiger charge is 2.23. The van der Waals surface area contributed by atoms with Crippen LogP contribution >= 0.6 is 15.9 Å². The highest BCUT2D eigenvalue weighted by Crippen LogP contribution is 2.39. The lowest BCUT2D eigenvalue weighted by Gasteiger charge is -2.24. The summed E-state index contributed by atoms with van der Waals surface area (Å²) in [5.74, 6) is 0. The highest BCUT2D eigenvalue weighted by molar-refractivity contribution is 9.10. The van der Waals surface area contributed by atoms with E-state index in [1.165, 1.54) is 21.8 Å². The monoisotopic (exact) mass is 455 g/mol. The molecule has 0 bridgehead atoms. The first kappa shape index (κ1) is 19.1. The number of hydrogen-bond acceptors (Lipinski definition) is 1. The summed E-state index contributed by atoms with van der Waals surface area (Å²) in [7, 11) is 0. The molecule has 1 N–H and O–H groups in total. The first-order valence-electron chi connectivity index (χ1n) is 10.1. The smallest absolute Gasteiger partial charge is 0.0846 e. The first-order chi connectivity index (χ1) is 14.4. The molecular weight excluding hydrogens is 434 g/mol. The van der Waals surface area contributed by atoms with Gasteiger partial charge in [-0.1, -0.05) is 76.6 Å². The van der Waals surface area contributed by atoms with Crippen molar-refractivity contribution in [3.8, 4) is 16.8 Å². The summed E-state index contributed by atoms with van der Waals surface area (Å²) < 4.78 is 3.29. The van der Waals surface area contributed by atoms with Crippen LogP contribution in [0.3, 0.4) is 0 Å². The lowest BCUT2D eigenvalue weighted by Crippen LogP contribution is -2.17. The predicted octanol–water partition coefficient (Wildman–Crippen LogP) is 7.44. The van der Waals surface area contributed by atoms with Gasteiger partial charge in [0.2, 0.25) is 0 Å². The predicted molar refractivity (Wildman–Crippen MR) is 129 cm³/mol. The van der Waals surface area contributed by atoms with Crippen molar-refractivity contribution in [3.05, 3.63) is 101 Å². The molecule has 30 heavy (non-hydrogen) atoms. The molecule has 0 fully saturated rings. The van der Waals surface area contributed by atoms with Crippen molar-refractivity contribution in [2.75, 3.05) is 0 Å². The fraction of sp³-hybridized carbons (Fsp3) is 0.111. The van der Waals surface area contributed by atoms with Gasteiger partial charge in [0, 0.05) is 20.8 Å². The minimum Gasteiger partial charge on any atom is -0.386 e. The number of hydrogen-bond donors (Lipinski definition) is 1. The van der Waals surface area contributed by atoms with Crippen LogP contribution in [0.25, 0.3) is 38.6 Å². The SMILES string of the molecule is CC(C)(O)c1cc(Br)ccc1-c1ccccc1-n1c2ccccc2c2ccccc21. The van der Waals surface area contributed by atoms with Gasteiger partial charge in [-0.15, -0.1) is 0 Å². The van der Waals surface area contributed by atoms with Crippen molar-refractivity contribution < 1.29 is 5.11 Å². The molecule has 148 valence electrons. The van der Waals surface area contributed by atoms with Gasteiger partial charge < -0.3 is 9.67 Å². The Kier molecular flexibility index (Phi) is 4.53. The fourth-order valence-corrected chi connectivity index (χ4v) is 4.70. The zero-order valence-corrected chi connectivity index (χ0v) is 18.5. The van der Waals surface area contributed by atoms with Crippen LogP contribution in [0.15, 0.2) is 95.5 Å².